The van der Waals surface area contributed by atoms with Crippen LogP contribution >= 0.6 is 0 Å². The van der Waals surface area contributed by atoms with Crippen LogP contribution < -0.4 is 0 Å². The van der Waals surface area contributed by atoms with E-state index in [1.165, 1.54) is 12.8 Å². The second kappa shape index (κ2) is 6.65. The number of terminal acetylenes is 1. The van der Waals surface area contributed by atoms with Gasteiger partial charge in [0.05, 0.1) is 6.54 Å². The SMILES string of the molecule is C#CCN(CC1CC1)C(=O)N1CCC(CCC(=O)O)C1. The molecule has 1 atom stereocenters. The summed E-state index contributed by atoms with van der Waals surface area (Å²) in [5.41, 5.74) is 0. The molecule has 5 heteroatoms. The van der Waals surface area contributed by atoms with Crippen molar-refractivity contribution in [2.75, 3.05) is 26.2 Å². The molecule has 20 heavy (non-hydrogen) atoms. The van der Waals surface area contributed by atoms with Crippen molar-refractivity contribution in [1.29, 1.82) is 0 Å². The number of hydrogen-bond acceptors (Lipinski definition) is 2. The van der Waals surface area contributed by atoms with E-state index >= 15 is 0 Å². The van der Waals surface area contributed by atoms with Gasteiger partial charge in [-0.1, -0.05) is 5.92 Å². The Kier molecular flexibility index (Phi) is 4.89. The lowest BCUT2D eigenvalue weighted by molar-refractivity contribution is -0.137. The van der Waals surface area contributed by atoms with Crippen molar-refractivity contribution in [2.45, 2.75) is 32.1 Å². The predicted octanol–water partition coefficient (Wildman–Crippen LogP) is 1.64. The number of nitrogens with zero attached hydrogens (tertiary/aromatic N) is 2. The molecule has 1 aliphatic carbocycles. The van der Waals surface area contributed by atoms with Gasteiger partial charge < -0.3 is 14.9 Å². The number of aliphatic carboxylic acids is 1. The number of carbonyl (C=O) groups excluding carboxylic acids is 1. The highest BCUT2D eigenvalue weighted by Gasteiger charge is 2.32. The lowest BCUT2D eigenvalue weighted by Crippen LogP contribution is -2.43. The molecule has 0 aromatic rings. The maximum Gasteiger partial charge on any atom is 0.320 e. The van der Waals surface area contributed by atoms with Gasteiger partial charge in [0.2, 0.25) is 0 Å². The summed E-state index contributed by atoms with van der Waals surface area (Å²) in [7, 11) is 0. The first-order valence-corrected chi connectivity index (χ1v) is 7.29. The van der Waals surface area contributed by atoms with Crippen molar-refractivity contribution in [2.24, 2.45) is 11.8 Å². The smallest absolute Gasteiger partial charge is 0.320 e. The molecule has 0 aromatic carbocycles. The molecule has 1 unspecified atom stereocenters. The van der Waals surface area contributed by atoms with E-state index in [9.17, 15) is 9.59 Å². The van der Waals surface area contributed by atoms with Gasteiger partial charge in [-0.25, -0.2) is 4.79 Å². The van der Waals surface area contributed by atoms with E-state index in [0.717, 1.165) is 19.5 Å². The first kappa shape index (κ1) is 14.7. The van der Waals surface area contributed by atoms with Crippen molar-refractivity contribution in [3.63, 3.8) is 0 Å². The second-order valence-corrected chi connectivity index (χ2v) is 5.84. The molecule has 0 bridgehead atoms. The molecule has 2 amide bonds. The van der Waals surface area contributed by atoms with Crippen LogP contribution in [0.4, 0.5) is 4.79 Å². The number of carboxylic acids is 1. The molecule has 2 rings (SSSR count). The molecule has 0 radical (unpaired) electrons. The fourth-order valence-corrected chi connectivity index (χ4v) is 2.70. The lowest BCUT2D eigenvalue weighted by Gasteiger charge is -2.26. The van der Waals surface area contributed by atoms with Gasteiger partial charge in [0, 0.05) is 26.1 Å². The first-order chi connectivity index (χ1) is 9.60. The van der Waals surface area contributed by atoms with Gasteiger partial charge in [-0.2, -0.15) is 0 Å². The highest BCUT2D eigenvalue weighted by atomic mass is 16.4. The monoisotopic (exact) mass is 278 g/mol. The summed E-state index contributed by atoms with van der Waals surface area (Å²) >= 11 is 0. The van der Waals surface area contributed by atoms with Crippen molar-refractivity contribution in [3.05, 3.63) is 0 Å². The Bertz CT molecular complexity index is 412. The summed E-state index contributed by atoms with van der Waals surface area (Å²) in [6.45, 7) is 2.51. The van der Waals surface area contributed by atoms with Crippen LogP contribution in [0.25, 0.3) is 0 Å². The van der Waals surface area contributed by atoms with E-state index in [0.29, 0.717) is 31.3 Å². The number of hydrogen-bond donors (Lipinski definition) is 1. The molecule has 110 valence electrons. The number of carboxylic acid groups (broad SMARTS) is 1. The van der Waals surface area contributed by atoms with E-state index in [2.05, 4.69) is 5.92 Å². The minimum absolute atomic E-state index is 0.0210. The van der Waals surface area contributed by atoms with Gasteiger partial charge in [-0.15, -0.1) is 6.42 Å². The zero-order chi connectivity index (χ0) is 14.5. The molecule has 1 aliphatic heterocycles. The predicted molar refractivity (Wildman–Crippen MR) is 75.1 cm³/mol. The van der Waals surface area contributed by atoms with Gasteiger partial charge in [-0.05, 0) is 37.5 Å². The van der Waals surface area contributed by atoms with E-state index in [1.807, 2.05) is 4.90 Å². The van der Waals surface area contributed by atoms with Crippen molar-refractivity contribution < 1.29 is 14.7 Å². The zero-order valence-electron chi connectivity index (χ0n) is 11.8. The summed E-state index contributed by atoms with van der Waals surface area (Å²) in [6, 6.07) is 0.0210. The molecule has 0 spiro atoms. The Hall–Kier alpha value is -1.70. The van der Waals surface area contributed by atoms with Crippen LogP contribution in [0.2, 0.25) is 0 Å². The summed E-state index contributed by atoms with van der Waals surface area (Å²) in [5.74, 6) is 2.72. The molecule has 1 saturated heterocycles. The minimum atomic E-state index is -0.766. The number of urea groups is 1. The van der Waals surface area contributed by atoms with E-state index in [1.54, 1.807) is 4.90 Å². The first-order valence-electron chi connectivity index (χ1n) is 7.29. The van der Waals surface area contributed by atoms with Crippen LogP contribution in [0.5, 0.6) is 0 Å². The zero-order valence-corrected chi connectivity index (χ0v) is 11.8. The fraction of sp³-hybridized carbons (Fsp3) is 0.733. The van der Waals surface area contributed by atoms with E-state index in [4.69, 9.17) is 11.5 Å². The van der Waals surface area contributed by atoms with Crippen molar-refractivity contribution in [1.82, 2.24) is 9.80 Å². The van der Waals surface area contributed by atoms with Crippen molar-refractivity contribution >= 4 is 12.0 Å². The Morgan fingerprint density at radius 3 is 2.65 bits per heavy atom. The van der Waals surface area contributed by atoms with Crippen LogP contribution in [0, 0.1) is 24.2 Å². The summed E-state index contributed by atoms with van der Waals surface area (Å²) in [4.78, 5) is 26.6. The largest absolute Gasteiger partial charge is 0.481 e. The van der Waals surface area contributed by atoms with Crippen LogP contribution in [0.15, 0.2) is 0 Å². The Morgan fingerprint density at radius 2 is 2.05 bits per heavy atom. The van der Waals surface area contributed by atoms with Gasteiger partial charge in [0.1, 0.15) is 0 Å². The highest BCUT2D eigenvalue weighted by molar-refractivity contribution is 5.75. The molecule has 1 N–H and O–H groups in total. The summed E-state index contributed by atoms with van der Waals surface area (Å²) in [6.07, 6.45) is 9.45. The number of amides is 2. The third kappa shape index (κ3) is 4.16. The fourth-order valence-electron chi connectivity index (χ4n) is 2.70. The van der Waals surface area contributed by atoms with Gasteiger partial charge in [-0.3, -0.25) is 4.79 Å². The average Bonchev–Trinajstić information content (AvgIpc) is 3.10. The standard InChI is InChI=1S/C15H22N2O3/c1-2-8-16(10-12-3-4-12)15(20)17-9-7-13(11-17)5-6-14(18)19/h1,12-13H,3-11H2,(H,18,19). The third-order valence-electron chi connectivity index (χ3n) is 4.05. The molecular formula is C15H22N2O3. The molecule has 5 nitrogen and oxygen atoms in total. The summed E-state index contributed by atoms with van der Waals surface area (Å²) < 4.78 is 0. The quantitative estimate of drug-likeness (QED) is 0.751. The highest BCUT2D eigenvalue weighted by Crippen LogP contribution is 2.30. The average molecular weight is 278 g/mol. The topological polar surface area (TPSA) is 60.9 Å². The van der Waals surface area contributed by atoms with Crippen molar-refractivity contribution in [3.8, 4) is 12.3 Å². The van der Waals surface area contributed by atoms with Gasteiger partial charge in [0.25, 0.3) is 0 Å². The van der Waals surface area contributed by atoms with Crippen LogP contribution in [-0.2, 0) is 4.79 Å². The van der Waals surface area contributed by atoms with E-state index in [-0.39, 0.29) is 12.5 Å². The molecular weight excluding hydrogens is 256 g/mol. The Balaban J connectivity index is 1.82. The maximum absolute atomic E-state index is 12.4. The Labute approximate surface area is 119 Å². The molecule has 1 heterocycles. The molecule has 2 aliphatic rings. The normalized spacial score (nSPS) is 21.6. The number of carbonyl (C=O) groups is 2. The van der Waals surface area contributed by atoms with Crippen LogP contribution in [0.1, 0.15) is 32.1 Å². The second-order valence-electron chi connectivity index (χ2n) is 5.84. The van der Waals surface area contributed by atoms with Gasteiger partial charge >= 0.3 is 12.0 Å². The number of rotatable bonds is 6. The van der Waals surface area contributed by atoms with Gasteiger partial charge in [0.15, 0.2) is 0 Å². The third-order valence-corrected chi connectivity index (χ3v) is 4.05. The Morgan fingerprint density at radius 1 is 1.30 bits per heavy atom. The number of likely N-dealkylation sites (tertiary alicyclic amines) is 1. The molecule has 1 saturated carbocycles. The van der Waals surface area contributed by atoms with E-state index < -0.39 is 5.97 Å². The molecule has 0 aromatic heterocycles. The van der Waals surface area contributed by atoms with Crippen LogP contribution in [-0.4, -0.2) is 53.1 Å². The van der Waals surface area contributed by atoms with Crippen LogP contribution in [0.3, 0.4) is 0 Å². The minimum Gasteiger partial charge on any atom is -0.481 e. The lowest BCUT2D eigenvalue weighted by atomic mass is 10.0. The molecule has 2 fully saturated rings. The maximum atomic E-state index is 12.4. The summed E-state index contributed by atoms with van der Waals surface area (Å²) in [5, 5.41) is 8.70.